The van der Waals surface area contributed by atoms with Gasteiger partial charge < -0.3 is 15.0 Å². The van der Waals surface area contributed by atoms with Gasteiger partial charge in [-0.2, -0.15) is 0 Å². The van der Waals surface area contributed by atoms with E-state index in [1.807, 2.05) is 32.0 Å². The lowest BCUT2D eigenvalue weighted by Gasteiger charge is -2.33. The zero-order chi connectivity index (χ0) is 32.4. The molecule has 0 aliphatic heterocycles. The molecule has 1 unspecified atom stereocenters. The van der Waals surface area contributed by atoms with Gasteiger partial charge in [0.15, 0.2) is 0 Å². The Morgan fingerprint density at radius 2 is 1.40 bits per heavy atom. The summed E-state index contributed by atoms with van der Waals surface area (Å²) in [6.45, 7) is 5.53. The van der Waals surface area contributed by atoms with Crippen LogP contribution >= 0.6 is 0 Å². The molecular formula is C35H38FN3O5S. The van der Waals surface area contributed by atoms with Gasteiger partial charge in [0.1, 0.15) is 29.9 Å². The Morgan fingerprint density at radius 3 is 1.98 bits per heavy atom. The predicted molar refractivity (Wildman–Crippen MR) is 173 cm³/mol. The molecule has 0 aliphatic rings. The van der Waals surface area contributed by atoms with Crippen LogP contribution in [0.5, 0.6) is 11.5 Å². The Balaban J connectivity index is 1.70. The first kappa shape index (κ1) is 33.2. The number of nitrogens with zero attached hydrogens (tertiary/aromatic N) is 2. The second kappa shape index (κ2) is 15.3. The van der Waals surface area contributed by atoms with Crippen LogP contribution in [0.1, 0.15) is 32.8 Å². The summed E-state index contributed by atoms with van der Waals surface area (Å²) in [7, 11) is -4.21. The average molecular weight is 632 g/mol. The Labute approximate surface area is 264 Å². The number of hydrogen-bond acceptors (Lipinski definition) is 5. The molecule has 0 radical (unpaired) electrons. The number of hydrogen-bond donors (Lipinski definition) is 1. The molecule has 1 N–H and O–H groups in total. The van der Waals surface area contributed by atoms with Crippen LogP contribution in [0.4, 0.5) is 10.1 Å². The lowest BCUT2D eigenvalue weighted by atomic mass is 10.1. The molecule has 4 aromatic rings. The van der Waals surface area contributed by atoms with Gasteiger partial charge in [-0.25, -0.2) is 12.8 Å². The van der Waals surface area contributed by atoms with Gasteiger partial charge in [0.25, 0.3) is 10.0 Å². The van der Waals surface area contributed by atoms with Crippen LogP contribution in [0.3, 0.4) is 0 Å². The van der Waals surface area contributed by atoms with Crippen LogP contribution in [-0.4, -0.2) is 44.3 Å². The van der Waals surface area contributed by atoms with E-state index in [-0.39, 0.29) is 35.4 Å². The quantitative estimate of drug-likeness (QED) is 0.174. The van der Waals surface area contributed by atoms with Crippen LogP contribution in [0, 0.1) is 11.7 Å². The van der Waals surface area contributed by atoms with Gasteiger partial charge in [-0.05, 0) is 78.6 Å². The molecule has 10 heteroatoms. The molecule has 0 aliphatic carbocycles. The van der Waals surface area contributed by atoms with Gasteiger partial charge in [0.05, 0.1) is 10.6 Å². The Morgan fingerprint density at radius 1 is 0.822 bits per heavy atom. The Bertz CT molecular complexity index is 1650. The van der Waals surface area contributed by atoms with Gasteiger partial charge >= 0.3 is 0 Å². The lowest BCUT2D eigenvalue weighted by Crippen LogP contribution is -2.52. The van der Waals surface area contributed by atoms with Gasteiger partial charge in [-0.3, -0.25) is 13.9 Å². The van der Waals surface area contributed by atoms with Crippen molar-refractivity contribution >= 4 is 27.5 Å². The van der Waals surface area contributed by atoms with E-state index < -0.39 is 34.3 Å². The second-order valence-corrected chi connectivity index (χ2v) is 12.8. The molecule has 0 saturated heterocycles. The molecule has 0 fully saturated rings. The highest BCUT2D eigenvalue weighted by Gasteiger charge is 2.33. The maximum absolute atomic E-state index is 14.2. The van der Waals surface area contributed by atoms with Crippen molar-refractivity contribution in [2.24, 2.45) is 5.92 Å². The maximum Gasteiger partial charge on any atom is 0.264 e. The first-order valence-corrected chi connectivity index (χ1v) is 16.2. The Hall–Kier alpha value is -4.70. The van der Waals surface area contributed by atoms with Crippen molar-refractivity contribution in [3.8, 4) is 11.5 Å². The molecule has 1 atom stereocenters. The van der Waals surface area contributed by atoms with Crippen LogP contribution in [0.2, 0.25) is 0 Å². The minimum atomic E-state index is -4.21. The Kier molecular flexibility index (Phi) is 11.3. The number of ether oxygens (including phenoxy) is 1. The molecule has 45 heavy (non-hydrogen) atoms. The van der Waals surface area contributed by atoms with E-state index in [0.717, 1.165) is 4.31 Å². The summed E-state index contributed by atoms with van der Waals surface area (Å²) < 4.78 is 48.6. The molecule has 4 aromatic carbocycles. The summed E-state index contributed by atoms with van der Waals surface area (Å²) in [5, 5.41) is 2.89. The van der Waals surface area contributed by atoms with Gasteiger partial charge in [0.2, 0.25) is 11.8 Å². The fourth-order valence-corrected chi connectivity index (χ4v) is 6.12. The van der Waals surface area contributed by atoms with Crippen LogP contribution < -0.4 is 14.4 Å². The number of amides is 2. The number of sulfonamides is 1. The highest BCUT2D eigenvalue weighted by Crippen LogP contribution is 2.28. The number of benzene rings is 4. The molecule has 236 valence electrons. The fraction of sp³-hybridized carbons (Fsp3) is 0.257. The summed E-state index contributed by atoms with van der Waals surface area (Å²) in [6, 6.07) is 28.2. The van der Waals surface area contributed by atoms with Crippen molar-refractivity contribution in [3.05, 3.63) is 121 Å². The fourth-order valence-electron chi connectivity index (χ4n) is 4.68. The van der Waals surface area contributed by atoms with Gasteiger partial charge in [0, 0.05) is 13.1 Å². The van der Waals surface area contributed by atoms with E-state index in [9.17, 15) is 22.4 Å². The third kappa shape index (κ3) is 8.92. The maximum atomic E-state index is 14.2. The highest BCUT2D eigenvalue weighted by molar-refractivity contribution is 7.92. The standard InChI is InChI=1S/C35H38FN3O5S/c1-4-33(35(41)37-23-26(2)3)38(24-27-15-17-28(36)18-16-27)34(40)25-39(45(42,43)32-13-9-6-10-14-32)29-19-21-31(22-20-29)44-30-11-7-5-8-12-30/h5-22,26,33H,4,23-25H2,1-3H3,(H,37,41). The molecule has 2 amide bonds. The summed E-state index contributed by atoms with van der Waals surface area (Å²) in [6.07, 6.45) is 0.286. The molecule has 0 saturated carbocycles. The monoisotopic (exact) mass is 631 g/mol. The van der Waals surface area contributed by atoms with E-state index in [0.29, 0.717) is 23.6 Å². The van der Waals surface area contributed by atoms with E-state index in [1.165, 1.54) is 41.3 Å². The van der Waals surface area contributed by atoms with Crippen LogP contribution in [-0.2, 0) is 26.2 Å². The molecular weight excluding hydrogens is 593 g/mol. The molecule has 4 rings (SSSR count). The predicted octanol–water partition coefficient (Wildman–Crippen LogP) is 6.39. The van der Waals surface area contributed by atoms with Crippen molar-refractivity contribution in [1.82, 2.24) is 10.2 Å². The van der Waals surface area contributed by atoms with E-state index in [1.54, 1.807) is 61.5 Å². The largest absolute Gasteiger partial charge is 0.457 e. The van der Waals surface area contributed by atoms with E-state index >= 15 is 0 Å². The van der Waals surface area contributed by atoms with E-state index in [4.69, 9.17) is 4.74 Å². The lowest BCUT2D eigenvalue weighted by molar-refractivity contribution is -0.140. The van der Waals surface area contributed by atoms with Gasteiger partial charge in [-0.1, -0.05) is 69.3 Å². The minimum Gasteiger partial charge on any atom is -0.457 e. The first-order valence-electron chi connectivity index (χ1n) is 14.8. The number of carbonyl (C=O) groups is 2. The zero-order valence-corrected chi connectivity index (χ0v) is 26.4. The smallest absolute Gasteiger partial charge is 0.264 e. The first-order chi connectivity index (χ1) is 21.6. The minimum absolute atomic E-state index is 0.00853. The van der Waals surface area contributed by atoms with Gasteiger partial charge in [-0.15, -0.1) is 0 Å². The molecule has 0 aromatic heterocycles. The van der Waals surface area contributed by atoms with Crippen molar-refractivity contribution < 1.29 is 27.1 Å². The topological polar surface area (TPSA) is 96.0 Å². The summed E-state index contributed by atoms with van der Waals surface area (Å²) >= 11 is 0. The summed E-state index contributed by atoms with van der Waals surface area (Å²) in [4.78, 5) is 28.9. The number of anilines is 1. The van der Waals surface area contributed by atoms with Crippen LogP contribution in [0.25, 0.3) is 0 Å². The highest BCUT2D eigenvalue weighted by atomic mass is 32.2. The number of rotatable bonds is 14. The SMILES string of the molecule is CCC(C(=O)NCC(C)C)N(Cc1ccc(F)cc1)C(=O)CN(c1ccc(Oc2ccccc2)cc1)S(=O)(=O)c1ccccc1. The number of halogens is 1. The number of para-hydroxylation sites is 1. The third-order valence-electron chi connectivity index (χ3n) is 7.05. The van der Waals surface area contributed by atoms with Crippen molar-refractivity contribution in [2.45, 2.75) is 44.7 Å². The van der Waals surface area contributed by atoms with E-state index in [2.05, 4.69) is 5.32 Å². The molecule has 0 heterocycles. The second-order valence-electron chi connectivity index (χ2n) is 10.9. The van der Waals surface area contributed by atoms with Crippen molar-refractivity contribution in [3.63, 3.8) is 0 Å². The van der Waals surface area contributed by atoms with Crippen molar-refractivity contribution in [1.29, 1.82) is 0 Å². The van der Waals surface area contributed by atoms with Crippen LogP contribution in [0.15, 0.2) is 114 Å². The van der Waals surface area contributed by atoms with Crippen molar-refractivity contribution in [2.75, 3.05) is 17.4 Å². The summed E-state index contributed by atoms with van der Waals surface area (Å²) in [5.74, 6) is -0.0751. The summed E-state index contributed by atoms with van der Waals surface area (Å²) in [5.41, 5.74) is 0.839. The molecule has 0 bridgehead atoms. The zero-order valence-electron chi connectivity index (χ0n) is 25.6. The average Bonchev–Trinajstić information content (AvgIpc) is 3.04. The number of carbonyl (C=O) groups excluding carboxylic acids is 2. The number of nitrogens with one attached hydrogen (secondary N) is 1. The molecule has 8 nitrogen and oxygen atoms in total. The molecule has 0 spiro atoms. The normalized spacial score (nSPS) is 11.9. The third-order valence-corrected chi connectivity index (χ3v) is 8.84.